The van der Waals surface area contributed by atoms with Crippen molar-refractivity contribution in [3.05, 3.63) is 74.5 Å². The van der Waals surface area contributed by atoms with Gasteiger partial charge in [0, 0.05) is 31.9 Å². The average Bonchev–Trinajstić information content (AvgIpc) is 2.54. The minimum Gasteiger partial charge on any atom is -0.488 e. The second-order valence-corrected chi connectivity index (χ2v) is 8.33. The Kier molecular flexibility index (Phi) is 6.30. The van der Waals surface area contributed by atoms with E-state index in [1.807, 2.05) is 45.9 Å². The molecule has 0 unspecified atom stereocenters. The van der Waals surface area contributed by atoms with Crippen LogP contribution in [0.3, 0.4) is 0 Å². The minimum absolute atomic E-state index is 0.393. The van der Waals surface area contributed by atoms with Gasteiger partial charge >= 0.3 is 0 Å². The molecule has 0 aliphatic heterocycles. The fraction of sp³-hybridized carbons (Fsp3) is 0.238. The van der Waals surface area contributed by atoms with Crippen molar-refractivity contribution >= 4 is 35.0 Å². The van der Waals surface area contributed by atoms with E-state index < -0.39 is 0 Å². The fourth-order valence-electron chi connectivity index (χ4n) is 2.83. The van der Waals surface area contributed by atoms with Crippen molar-refractivity contribution in [2.24, 2.45) is 0 Å². The molecule has 3 nitrogen and oxygen atoms in total. The molecule has 0 atom stereocenters. The molecule has 0 aliphatic rings. The quantitative estimate of drug-likeness (QED) is 0.429. The molecule has 140 valence electrons. The van der Waals surface area contributed by atoms with Gasteiger partial charge in [-0.2, -0.15) is 0 Å². The molecule has 0 saturated carbocycles. The maximum absolute atomic E-state index is 6.23. The third-order valence-electron chi connectivity index (χ3n) is 3.99. The van der Waals surface area contributed by atoms with Crippen LogP contribution in [0.2, 0.25) is 10.0 Å². The Hall–Kier alpha value is -1.75. The van der Waals surface area contributed by atoms with Crippen LogP contribution in [0.15, 0.2) is 46.5 Å². The van der Waals surface area contributed by atoms with Gasteiger partial charge in [0.15, 0.2) is 5.16 Å². The Balaban J connectivity index is 1.78. The topological polar surface area (TPSA) is 35.0 Å². The molecule has 0 bridgehead atoms. The lowest BCUT2D eigenvalue weighted by atomic mass is 10.1. The number of hydrogen-bond acceptors (Lipinski definition) is 4. The summed E-state index contributed by atoms with van der Waals surface area (Å²) in [6, 6.07) is 11.6. The number of ether oxygens (including phenoxy) is 1. The van der Waals surface area contributed by atoms with Crippen molar-refractivity contribution < 1.29 is 4.74 Å². The van der Waals surface area contributed by atoms with Crippen LogP contribution in [0, 0.1) is 27.7 Å². The van der Waals surface area contributed by atoms with E-state index in [4.69, 9.17) is 27.9 Å². The smallest absolute Gasteiger partial charge is 0.192 e. The van der Waals surface area contributed by atoms with Gasteiger partial charge in [0.05, 0.1) is 0 Å². The van der Waals surface area contributed by atoms with Crippen LogP contribution in [-0.2, 0) is 6.61 Å². The molecule has 1 heterocycles. The molecule has 3 aromatic rings. The van der Waals surface area contributed by atoms with E-state index in [1.54, 1.807) is 17.8 Å². The minimum atomic E-state index is 0.393. The molecule has 0 amide bonds. The van der Waals surface area contributed by atoms with Gasteiger partial charge < -0.3 is 4.74 Å². The van der Waals surface area contributed by atoms with E-state index in [-0.39, 0.29) is 0 Å². The van der Waals surface area contributed by atoms with Crippen molar-refractivity contribution in [2.75, 3.05) is 0 Å². The van der Waals surface area contributed by atoms with E-state index in [2.05, 4.69) is 22.1 Å². The summed E-state index contributed by atoms with van der Waals surface area (Å²) >= 11 is 13.7. The van der Waals surface area contributed by atoms with Crippen LogP contribution < -0.4 is 4.74 Å². The van der Waals surface area contributed by atoms with Gasteiger partial charge in [-0.3, -0.25) is 0 Å². The molecule has 0 aliphatic carbocycles. The van der Waals surface area contributed by atoms with Crippen LogP contribution in [0.4, 0.5) is 0 Å². The number of nitrogens with zero attached hydrogens (tertiary/aromatic N) is 2. The lowest BCUT2D eigenvalue weighted by Crippen LogP contribution is -2.00. The Bertz CT molecular complexity index is 949. The lowest BCUT2D eigenvalue weighted by Gasteiger charge is -2.14. The SMILES string of the molecule is Cc1cc(C)nc(Sc2cc(C)c(OCc3ccc(Cl)cc3Cl)c(C)c2)n1. The van der Waals surface area contributed by atoms with Gasteiger partial charge in [-0.15, -0.1) is 0 Å². The van der Waals surface area contributed by atoms with E-state index in [0.29, 0.717) is 16.7 Å². The molecule has 0 saturated heterocycles. The summed E-state index contributed by atoms with van der Waals surface area (Å²) in [5, 5.41) is 1.98. The van der Waals surface area contributed by atoms with E-state index in [0.717, 1.165) is 43.9 Å². The summed E-state index contributed by atoms with van der Waals surface area (Å²) in [6.07, 6.45) is 0. The zero-order valence-corrected chi connectivity index (χ0v) is 18.0. The Morgan fingerprint density at radius 2 is 1.52 bits per heavy atom. The zero-order chi connectivity index (χ0) is 19.6. The summed E-state index contributed by atoms with van der Waals surface area (Å²) in [5.41, 5.74) is 4.97. The van der Waals surface area contributed by atoms with Crippen molar-refractivity contribution in [1.29, 1.82) is 0 Å². The molecule has 0 spiro atoms. The molecule has 0 radical (unpaired) electrons. The first-order chi connectivity index (χ1) is 12.8. The number of aryl methyl sites for hydroxylation is 4. The van der Waals surface area contributed by atoms with Crippen molar-refractivity contribution in [1.82, 2.24) is 9.97 Å². The predicted molar refractivity (Wildman–Crippen MR) is 112 cm³/mol. The van der Waals surface area contributed by atoms with Crippen molar-refractivity contribution in [3.8, 4) is 5.75 Å². The molecular weight excluding hydrogens is 399 g/mol. The van der Waals surface area contributed by atoms with Gasteiger partial charge in [-0.1, -0.05) is 29.3 Å². The zero-order valence-electron chi connectivity index (χ0n) is 15.6. The summed E-state index contributed by atoms with van der Waals surface area (Å²) in [5.74, 6) is 0.867. The van der Waals surface area contributed by atoms with Gasteiger partial charge in [0.25, 0.3) is 0 Å². The second-order valence-electron chi connectivity index (χ2n) is 6.45. The van der Waals surface area contributed by atoms with E-state index >= 15 is 0 Å². The number of halogens is 2. The maximum Gasteiger partial charge on any atom is 0.192 e. The first-order valence-corrected chi connectivity index (χ1v) is 10.1. The van der Waals surface area contributed by atoms with Crippen molar-refractivity contribution in [2.45, 2.75) is 44.4 Å². The summed E-state index contributed by atoms with van der Waals surface area (Å²) in [6.45, 7) is 8.43. The molecule has 0 fully saturated rings. The van der Waals surface area contributed by atoms with Crippen LogP contribution >= 0.6 is 35.0 Å². The number of rotatable bonds is 5. The third-order valence-corrected chi connectivity index (χ3v) is 5.42. The Labute approximate surface area is 174 Å². The molecular formula is C21H20Cl2N2OS. The predicted octanol–water partition coefficient (Wildman–Crippen LogP) is 6.75. The lowest BCUT2D eigenvalue weighted by molar-refractivity contribution is 0.302. The number of hydrogen-bond donors (Lipinski definition) is 0. The number of benzene rings is 2. The molecule has 2 aromatic carbocycles. The molecule has 6 heteroatoms. The molecule has 1 aromatic heterocycles. The summed E-state index contributed by atoms with van der Waals surface area (Å²) in [4.78, 5) is 10.1. The van der Waals surface area contributed by atoms with Crippen LogP contribution in [0.25, 0.3) is 0 Å². The summed E-state index contributed by atoms with van der Waals surface area (Å²) < 4.78 is 6.05. The van der Waals surface area contributed by atoms with Crippen LogP contribution in [0.5, 0.6) is 5.75 Å². The van der Waals surface area contributed by atoms with Crippen LogP contribution in [0.1, 0.15) is 28.1 Å². The highest BCUT2D eigenvalue weighted by Crippen LogP contribution is 2.33. The highest BCUT2D eigenvalue weighted by atomic mass is 35.5. The molecule has 27 heavy (non-hydrogen) atoms. The highest BCUT2D eigenvalue weighted by molar-refractivity contribution is 7.99. The fourth-order valence-corrected chi connectivity index (χ4v) is 4.35. The largest absolute Gasteiger partial charge is 0.488 e. The monoisotopic (exact) mass is 418 g/mol. The second kappa shape index (κ2) is 8.51. The van der Waals surface area contributed by atoms with Gasteiger partial charge in [0.1, 0.15) is 12.4 Å². The standard InChI is InChI=1S/C21H20Cl2N2OS/c1-12-7-18(27-21-24-14(3)9-15(4)25-21)8-13(2)20(12)26-11-16-5-6-17(22)10-19(16)23/h5-10H,11H2,1-4H3. The van der Waals surface area contributed by atoms with E-state index in [1.165, 1.54) is 0 Å². The first-order valence-electron chi connectivity index (χ1n) is 8.50. The molecule has 0 N–H and O–H groups in total. The molecule has 3 rings (SSSR count). The van der Waals surface area contributed by atoms with Crippen molar-refractivity contribution in [3.63, 3.8) is 0 Å². The van der Waals surface area contributed by atoms with Gasteiger partial charge in [-0.05, 0) is 80.9 Å². The highest BCUT2D eigenvalue weighted by Gasteiger charge is 2.11. The van der Waals surface area contributed by atoms with Crippen LogP contribution in [-0.4, -0.2) is 9.97 Å². The normalized spacial score (nSPS) is 10.9. The number of aromatic nitrogens is 2. The maximum atomic E-state index is 6.23. The first kappa shape index (κ1) is 20.0. The third kappa shape index (κ3) is 5.16. The van der Waals surface area contributed by atoms with Gasteiger partial charge in [0.2, 0.25) is 0 Å². The van der Waals surface area contributed by atoms with E-state index in [9.17, 15) is 0 Å². The summed E-state index contributed by atoms with van der Waals surface area (Å²) in [7, 11) is 0. The Morgan fingerprint density at radius 1 is 0.889 bits per heavy atom. The Morgan fingerprint density at radius 3 is 2.11 bits per heavy atom. The van der Waals surface area contributed by atoms with Gasteiger partial charge in [-0.25, -0.2) is 9.97 Å². The average molecular weight is 419 g/mol.